The Labute approximate surface area is 128 Å². The van der Waals surface area contributed by atoms with Crippen molar-refractivity contribution in [3.8, 4) is 5.75 Å². The molecule has 1 N–H and O–H groups in total. The molecule has 1 heterocycles. The highest BCUT2D eigenvalue weighted by molar-refractivity contribution is 6.31. The second kappa shape index (κ2) is 6.63. The van der Waals surface area contributed by atoms with E-state index in [2.05, 4.69) is 10.4 Å². The Hall–Kier alpha value is -2.01. The van der Waals surface area contributed by atoms with Crippen molar-refractivity contribution >= 4 is 23.2 Å². The van der Waals surface area contributed by atoms with Crippen LogP contribution >= 0.6 is 11.6 Å². The highest BCUT2D eigenvalue weighted by atomic mass is 35.5. The van der Waals surface area contributed by atoms with Crippen molar-refractivity contribution in [2.45, 2.75) is 26.8 Å². The van der Waals surface area contributed by atoms with Gasteiger partial charge in [0.25, 0.3) is 0 Å². The summed E-state index contributed by atoms with van der Waals surface area (Å²) < 4.78 is 6.87. The average molecular weight is 308 g/mol. The number of halogens is 1. The van der Waals surface area contributed by atoms with Crippen molar-refractivity contribution in [1.82, 2.24) is 9.78 Å². The van der Waals surface area contributed by atoms with Gasteiger partial charge in [-0.1, -0.05) is 17.7 Å². The standard InChI is InChI=1S/C15H18ClN3O2/c1-10-15(16)11(2)19(18-10)8-7-14(20)17-12-5-4-6-13(9-12)21-3/h4-6,9H,7-8H2,1-3H3,(H,17,20). The molecular formula is C15H18ClN3O2. The maximum absolute atomic E-state index is 12.0. The largest absolute Gasteiger partial charge is 0.497 e. The van der Waals surface area contributed by atoms with Gasteiger partial charge in [-0.15, -0.1) is 0 Å². The van der Waals surface area contributed by atoms with Crippen LogP contribution in [0.25, 0.3) is 0 Å². The molecule has 0 fully saturated rings. The number of aryl methyl sites for hydroxylation is 2. The molecule has 0 saturated heterocycles. The van der Waals surface area contributed by atoms with E-state index in [1.54, 1.807) is 17.9 Å². The predicted octanol–water partition coefficient (Wildman–Crippen LogP) is 3.19. The van der Waals surface area contributed by atoms with Crippen molar-refractivity contribution in [2.75, 3.05) is 12.4 Å². The molecule has 0 aliphatic carbocycles. The first-order valence-corrected chi connectivity index (χ1v) is 7.02. The van der Waals surface area contributed by atoms with E-state index in [1.807, 2.05) is 32.0 Å². The molecule has 6 heteroatoms. The summed E-state index contributed by atoms with van der Waals surface area (Å²) in [7, 11) is 1.59. The van der Waals surface area contributed by atoms with E-state index < -0.39 is 0 Å². The van der Waals surface area contributed by atoms with E-state index in [4.69, 9.17) is 16.3 Å². The lowest BCUT2D eigenvalue weighted by Crippen LogP contribution is -2.15. The number of ether oxygens (including phenoxy) is 1. The number of benzene rings is 1. The van der Waals surface area contributed by atoms with Crippen LogP contribution in [0, 0.1) is 13.8 Å². The van der Waals surface area contributed by atoms with Gasteiger partial charge in [-0.05, 0) is 26.0 Å². The highest BCUT2D eigenvalue weighted by Gasteiger charge is 2.10. The summed E-state index contributed by atoms with van der Waals surface area (Å²) >= 11 is 6.08. The maximum Gasteiger partial charge on any atom is 0.226 e. The molecule has 0 atom stereocenters. The molecule has 0 radical (unpaired) electrons. The van der Waals surface area contributed by atoms with Crippen LogP contribution in [-0.2, 0) is 11.3 Å². The Kier molecular flexibility index (Phi) is 4.85. The zero-order chi connectivity index (χ0) is 15.4. The maximum atomic E-state index is 12.0. The molecule has 0 aliphatic heterocycles. The van der Waals surface area contributed by atoms with Gasteiger partial charge in [0.15, 0.2) is 0 Å². The molecule has 2 aromatic rings. The van der Waals surface area contributed by atoms with Crippen LogP contribution in [0.15, 0.2) is 24.3 Å². The first kappa shape index (κ1) is 15.4. The zero-order valence-electron chi connectivity index (χ0n) is 12.3. The van der Waals surface area contributed by atoms with Gasteiger partial charge in [-0.25, -0.2) is 0 Å². The first-order chi connectivity index (χ1) is 10.0. The number of anilines is 1. The van der Waals surface area contributed by atoms with Crippen molar-refractivity contribution in [3.63, 3.8) is 0 Å². The van der Waals surface area contributed by atoms with Gasteiger partial charge in [0.1, 0.15) is 5.75 Å². The summed E-state index contributed by atoms with van der Waals surface area (Å²) in [4.78, 5) is 12.0. The second-order valence-electron chi connectivity index (χ2n) is 4.74. The fourth-order valence-corrected chi connectivity index (χ4v) is 2.16. The minimum atomic E-state index is -0.0769. The van der Waals surface area contributed by atoms with E-state index >= 15 is 0 Å². The van der Waals surface area contributed by atoms with Gasteiger partial charge in [0, 0.05) is 18.2 Å². The third kappa shape index (κ3) is 3.76. The van der Waals surface area contributed by atoms with Gasteiger partial charge >= 0.3 is 0 Å². The summed E-state index contributed by atoms with van der Waals surface area (Å²) in [6, 6.07) is 7.25. The van der Waals surface area contributed by atoms with Crippen molar-refractivity contribution in [3.05, 3.63) is 40.7 Å². The molecule has 21 heavy (non-hydrogen) atoms. The normalized spacial score (nSPS) is 10.5. The molecule has 0 spiro atoms. The molecule has 0 aliphatic rings. The molecule has 2 rings (SSSR count). The lowest BCUT2D eigenvalue weighted by Gasteiger charge is -2.08. The Morgan fingerprint density at radius 2 is 2.19 bits per heavy atom. The number of methoxy groups -OCH3 is 1. The van der Waals surface area contributed by atoms with Gasteiger partial charge in [-0.2, -0.15) is 5.10 Å². The lowest BCUT2D eigenvalue weighted by atomic mass is 10.3. The molecule has 0 bridgehead atoms. The summed E-state index contributed by atoms with van der Waals surface area (Å²) in [6.45, 7) is 4.24. The molecule has 5 nitrogen and oxygen atoms in total. The number of aromatic nitrogens is 2. The molecule has 1 amide bonds. The minimum absolute atomic E-state index is 0.0769. The molecule has 0 saturated carbocycles. The van der Waals surface area contributed by atoms with Gasteiger partial charge < -0.3 is 10.1 Å². The van der Waals surface area contributed by atoms with E-state index in [-0.39, 0.29) is 5.91 Å². The van der Waals surface area contributed by atoms with Crippen LogP contribution in [0.3, 0.4) is 0 Å². The Morgan fingerprint density at radius 1 is 1.43 bits per heavy atom. The number of hydrogen-bond donors (Lipinski definition) is 1. The quantitative estimate of drug-likeness (QED) is 0.923. The van der Waals surface area contributed by atoms with Crippen LogP contribution in [0.2, 0.25) is 5.02 Å². The number of nitrogens with one attached hydrogen (secondary N) is 1. The third-order valence-corrected chi connectivity index (χ3v) is 3.74. The van der Waals surface area contributed by atoms with E-state index in [9.17, 15) is 4.79 Å². The number of nitrogens with zero attached hydrogens (tertiary/aromatic N) is 2. The van der Waals surface area contributed by atoms with Crippen LogP contribution in [-0.4, -0.2) is 22.8 Å². The SMILES string of the molecule is COc1cccc(NC(=O)CCn2nc(C)c(Cl)c2C)c1. The van der Waals surface area contributed by atoms with Gasteiger partial charge in [0.05, 0.1) is 30.1 Å². The van der Waals surface area contributed by atoms with Crippen LogP contribution < -0.4 is 10.1 Å². The number of hydrogen-bond acceptors (Lipinski definition) is 3. The van der Waals surface area contributed by atoms with Crippen LogP contribution in [0.5, 0.6) is 5.75 Å². The molecule has 1 aromatic heterocycles. The number of carbonyl (C=O) groups excluding carboxylic acids is 1. The molecule has 112 valence electrons. The van der Waals surface area contributed by atoms with E-state index in [0.717, 1.165) is 11.4 Å². The fourth-order valence-electron chi connectivity index (χ4n) is 2.02. The lowest BCUT2D eigenvalue weighted by molar-refractivity contribution is -0.116. The molecule has 0 unspecified atom stereocenters. The smallest absolute Gasteiger partial charge is 0.226 e. The predicted molar refractivity (Wildman–Crippen MR) is 83.0 cm³/mol. The Bertz CT molecular complexity index is 652. The van der Waals surface area contributed by atoms with Crippen molar-refractivity contribution < 1.29 is 9.53 Å². The summed E-state index contributed by atoms with van der Waals surface area (Å²) in [5, 5.41) is 7.79. The third-order valence-electron chi connectivity index (χ3n) is 3.20. The first-order valence-electron chi connectivity index (χ1n) is 6.64. The number of amides is 1. The zero-order valence-corrected chi connectivity index (χ0v) is 13.1. The van der Waals surface area contributed by atoms with E-state index in [0.29, 0.717) is 29.4 Å². The van der Waals surface area contributed by atoms with Crippen LogP contribution in [0.4, 0.5) is 5.69 Å². The molecule has 1 aromatic carbocycles. The van der Waals surface area contributed by atoms with E-state index in [1.165, 1.54) is 0 Å². The van der Waals surface area contributed by atoms with Gasteiger partial charge in [0.2, 0.25) is 5.91 Å². The summed E-state index contributed by atoms with van der Waals surface area (Å²) in [5.74, 6) is 0.630. The number of rotatable bonds is 5. The fraction of sp³-hybridized carbons (Fsp3) is 0.333. The average Bonchev–Trinajstić information content (AvgIpc) is 2.72. The topological polar surface area (TPSA) is 56.1 Å². The summed E-state index contributed by atoms with van der Waals surface area (Å²) in [5.41, 5.74) is 2.37. The number of carbonyl (C=O) groups is 1. The Morgan fingerprint density at radius 3 is 2.81 bits per heavy atom. The molecular weight excluding hydrogens is 290 g/mol. The van der Waals surface area contributed by atoms with Crippen molar-refractivity contribution in [1.29, 1.82) is 0 Å². The van der Waals surface area contributed by atoms with Crippen LogP contribution in [0.1, 0.15) is 17.8 Å². The van der Waals surface area contributed by atoms with Gasteiger partial charge in [-0.3, -0.25) is 9.48 Å². The monoisotopic (exact) mass is 307 g/mol. The summed E-state index contributed by atoms with van der Waals surface area (Å²) in [6.07, 6.45) is 0.329. The van der Waals surface area contributed by atoms with Crippen molar-refractivity contribution in [2.24, 2.45) is 0 Å². The minimum Gasteiger partial charge on any atom is -0.497 e. The Balaban J connectivity index is 1.94. The highest BCUT2D eigenvalue weighted by Crippen LogP contribution is 2.19. The second-order valence-corrected chi connectivity index (χ2v) is 5.12.